The molecule has 0 bridgehead atoms. The fourth-order valence-corrected chi connectivity index (χ4v) is 5.37. The summed E-state index contributed by atoms with van der Waals surface area (Å²) in [6, 6.07) is 11.6. The zero-order valence-electron chi connectivity index (χ0n) is 20.4. The van der Waals surface area contributed by atoms with Crippen molar-refractivity contribution in [1.29, 1.82) is 0 Å². The highest BCUT2D eigenvalue weighted by molar-refractivity contribution is 5.94. The van der Waals surface area contributed by atoms with Crippen molar-refractivity contribution in [1.82, 2.24) is 14.4 Å². The van der Waals surface area contributed by atoms with Crippen molar-refractivity contribution in [3.63, 3.8) is 0 Å². The first-order valence-electron chi connectivity index (χ1n) is 13.0. The molecule has 0 atom stereocenters. The van der Waals surface area contributed by atoms with Gasteiger partial charge < -0.3 is 14.0 Å². The van der Waals surface area contributed by atoms with E-state index in [1.807, 2.05) is 43.4 Å². The summed E-state index contributed by atoms with van der Waals surface area (Å²) in [5, 5.41) is 1.44. The summed E-state index contributed by atoms with van der Waals surface area (Å²) in [5.74, 6) is 1.63. The van der Waals surface area contributed by atoms with E-state index in [0.717, 1.165) is 46.4 Å². The average Bonchev–Trinajstić information content (AvgIpc) is 2.88. The van der Waals surface area contributed by atoms with Crippen molar-refractivity contribution in [2.24, 2.45) is 7.05 Å². The Hall–Kier alpha value is -2.57. The second-order valence-corrected chi connectivity index (χ2v) is 9.75. The zero-order chi connectivity index (χ0) is 23.3. The third-order valence-electron chi connectivity index (χ3n) is 7.40. The van der Waals surface area contributed by atoms with Gasteiger partial charge in [0.25, 0.3) is 0 Å². The van der Waals surface area contributed by atoms with E-state index in [9.17, 15) is 4.79 Å². The number of hydrogen-bond donors (Lipinski definition) is 0. The van der Waals surface area contributed by atoms with Gasteiger partial charge in [0.1, 0.15) is 24.7 Å². The van der Waals surface area contributed by atoms with Crippen LogP contribution in [0.2, 0.25) is 0 Å². The van der Waals surface area contributed by atoms with Crippen molar-refractivity contribution >= 4 is 21.8 Å². The summed E-state index contributed by atoms with van der Waals surface area (Å²) in [5.41, 5.74) is 1.83. The van der Waals surface area contributed by atoms with E-state index >= 15 is 0 Å². The second kappa shape index (κ2) is 10.8. The largest absolute Gasteiger partial charge is 0.492 e. The summed E-state index contributed by atoms with van der Waals surface area (Å²) < 4.78 is 14.2. The lowest BCUT2D eigenvalue weighted by atomic mass is 10.1. The molecule has 2 aromatic carbocycles. The van der Waals surface area contributed by atoms with Crippen LogP contribution in [0.5, 0.6) is 11.5 Å². The average molecular weight is 464 g/mol. The lowest BCUT2D eigenvalue weighted by Crippen LogP contribution is -2.33. The van der Waals surface area contributed by atoms with Gasteiger partial charge in [0.2, 0.25) is 0 Å². The molecule has 0 radical (unpaired) electrons. The van der Waals surface area contributed by atoms with Gasteiger partial charge in [-0.2, -0.15) is 0 Å². The van der Waals surface area contributed by atoms with Crippen molar-refractivity contribution in [2.45, 2.75) is 38.5 Å². The Morgan fingerprint density at radius 1 is 0.676 bits per heavy atom. The van der Waals surface area contributed by atoms with Crippen LogP contribution in [0.25, 0.3) is 21.8 Å². The Morgan fingerprint density at radius 2 is 1.12 bits per heavy atom. The third kappa shape index (κ3) is 5.23. The highest BCUT2D eigenvalue weighted by Gasteiger charge is 2.13. The Kier molecular flexibility index (Phi) is 7.36. The highest BCUT2D eigenvalue weighted by atomic mass is 16.5. The van der Waals surface area contributed by atoms with Crippen molar-refractivity contribution in [3.8, 4) is 11.5 Å². The maximum Gasteiger partial charge on any atom is 0.197 e. The minimum atomic E-state index is 0.0582. The molecule has 3 aromatic rings. The predicted octanol–water partition coefficient (Wildman–Crippen LogP) is 4.42. The van der Waals surface area contributed by atoms with E-state index in [-0.39, 0.29) is 5.43 Å². The Bertz CT molecular complexity index is 1090. The van der Waals surface area contributed by atoms with Crippen LogP contribution in [-0.4, -0.2) is 66.8 Å². The summed E-state index contributed by atoms with van der Waals surface area (Å²) in [6.45, 7) is 7.92. The van der Waals surface area contributed by atoms with Gasteiger partial charge in [-0.25, -0.2) is 0 Å². The maximum absolute atomic E-state index is 13.2. The van der Waals surface area contributed by atoms with Crippen LogP contribution in [0.15, 0.2) is 41.2 Å². The van der Waals surface area contributed by atoms with E-state index in [1.54, 1.807) is 0 Å². The normalized spacial score (nSPS) is 17.9. The first-order chi connectivity index (χ1) is 16.7. The van der Waals surface area contributed by atoms with Crippen LogP contribution in [0, 0.1) is 0 Å². The van der Waals surface area contributed by atoms with Gasteiger partial charge in [-0.3, -0.25) is 14.6 Å². The highest BCUT2D eigenvalue weighted by Crippen LogP contribution is 2.25. The van der Waals surface area contributed by atoms with Crippen LogP contribution in [0.4, 0.5) is 0 Å². The number of rotatable bonds is 8. The minimum Gasteiger partial charge on any atom is -0.492 e. The molecule has 6 heteroatoms. The quantitative estimate of drug-likeness (QED) is 0.463. The maximum atomic E-state index is 13.2. The number of benzene rings is 2. The van der Waals surface area contributed by atoms with E-state index < -0.39 is 0 Å². The molecular formula is C28H37N3O3. The van der Waals surface area contributed by atoms with E-state index in [1.165, 1.54) is 64.7 Å². The fourth-order valence-electron chi connectivity index (χ4n) is 5.37. The molecular weight excluding hydrogens is 426 g/mol. The molecule has 2 aliphatic rings. The van der Waals surface area contributed by atoms with Gasteiger partial charge in [-0.05, 0) is 76.1 Å². The van der Waals surface area contributed by atoms with Crippen LogP contribution in [0.1, 0.15) is 38.5 Å². The molecule has 5 rings (SSSR count). The molecule has 0 spiro atoms. The van der Waals surface area contributed by atoms with Gasteiger partial charge in [0.15, 0.2) is 5.43 Å². The molecule has 2 saturated heterocycles. The van der Waals surface area contributed by atoms with Gasteiger partial charge in [-0.15, -0.1) is 0 Å². The van der Waals surface area contributed by atoms with Gasteiger partial charge >= 0.3 is 0 Å². The number of hydrogen-bond acceptors (Lipinski definition) is 5. The number of ether oxygens (including phenoxy) is 2. The van der Waals surface area contributed by atoms with E-state index in [2.05, 4.69) is 14.4 Å². The molecule has 0 amide bonds. The SMILES string of the molecule is Cn1c2cc(OCCN3CCCCC3)ccc2c(=O)c2ccc(OCCN3CCCCC3)cc21. The fraction of sp³-hybridized carbons (Fsp3) is 0.536. The zero-order valence-corrected chi connectivity index (χ0v) is 20.4. The van der Waals surface area contributed by atoms with Gasteiger partial charge in [-0.1, -0.05) is 12.8 Å². The Labute approximate surface area is 202 Å². The molecule has 0 N–H and O–H groups in total. The number of aromatic nitrogens is 1. The number of piperidine rings is 2. The first kappa shape index (κ1) is 23.2. The number of nitrogens with zero attached hydrogens (tertiary/aromatic N) is 3. The molecule has 0 saturated carbocycles. The Balaban J connectivity index is 1.31. The Morgan fingerprint density at radius 3 is 1.56 bits per heavy atom. The lowest BCUT2D eigenvalue weighted by molar-refractivity contribution is 0.183. The topological polar surface area (TPSA) is 46.9 Å². The summed E-state index contributed by atoms with van der Waals surface area (Å²) in [4.78, 5) is 18.1. The molecule has 34 heavy (non-hydrogen) atoms. The van der Waals surface area contributed by atoms with E-state index in [4.69, 9.17) is 9.47 Å². The number of aryl methyl sites for hydroxylation is 1. The number of fused-ring (bicyclic) bond motifs is 2. The van der Waals surface area contributed by atoms with Gasteiger partial charge in [0.05, 0.1) is 11.0 Å². The van der Waals surface area contributed by atoms with Crippen LogP contribution in [0.3, 0.4) is 0 Å². The smallest absolute Gasteiger partial charge is 0.197 e. The minimum absolute atomic E-state index is 0.0582. The monoisotopic (exact) mass is 463 g/mol. The van der Waals surface area contributed by atoms with E-state index in [0.29, 0.717) is 13.2 Å². The first-order valence-corrected chi connectivity index (χ1v) is 13.0. The molecule has 0 unspecified atom stereocenters. The van der Waals surface area contributed by atoms with Crippen LogP contribution < -0.4 is 14.9 Å². The van der Waals surface area contributed by atoms with Crippen LogP contribution in [-0.2, 0) is 7.05 Å². The third-order valence-corrected chi connectivity index (χ3v) is 7.40. The summed E-state index contributed by atoms with van der Waals surface area (Å²) in [7, 11) is 2.01. The number of pyridine rings is 1. The molecule has 2 fully saturated rings. The predicted molar refractivity (Wildman–Crippen MR) is 138 cm³/mol. The summed E-state index contributed by atoms with van der Waals surface area (Å²) >= 11 is 0. The standard InChI is InChI=1S/C28H37N3O3/c1-29-26-20-22(33-18-16-30-12-4-2-5-13-30)8-10-24(26)28(32)25-11-9-23(21-27(25)29)34-19-17-31-14-6-3-7-15-31/h8-11,20-21H,2-7,12-19H2,1H3. The molecule has 1 aromatic heterocycles. The van der Waals surface area contributed by atoms with Crippen molar-refractivity contribution < 1.29 is 9.47 Å². The van der Waals surface area contributed by atoms with Crippen LogP contribution >= 0.6 is 0 Å². The van der Waals surface area contributed by atoms with Crippen molar-refractivity contribution in [2.75, 3.05) is 52.5 Å². The second-order valence-electron chi connectivity index (χ2n) is 9.75. The molecule has 6 nitrogen and oxygen atoms in total. The number of likely N-dealkylation sites (tertiary alicyclic amines) is 2. The molecule has 0 aliphatic carbocycles. The molecule has 182 valence electrons. The summed E-state index contributed by atoms with van der Waals surface area (Å²) in [6.07, 6.45) is 7.83. The van der Waals surface area contributed by atoms with Gasteiger partial charge in [0, 0.05) is 43.0 Å². The molecule has 3 heterocycles. The van der Waals surface area contributed by atoms with Crippen molar-refractivity contribution in [3.05, 3.63) is 46.6 Å². The molecule has 2 aliphatic heterocycles. The lowest BCUT2D eigenvalue weighted by Gasteiger charge is -2.26.